The lowest BCUT2D eigenvalue weighted by Gasteiger charge is -2.07. The summed E-state index contributed by atoms with van der Waals surface area (Å²) in [5, 5.41) is 7.59. The van der Waals surface area contributed by atoms with Crippen molar-refractivity contribution in [2.24, 2.45) is 0 Å². The Kier molecular flexibility index (Phi) is 6.12. The average Bonchev–Trinajstić information content (AvgIpc) is 3.26. The summed E-state index contributed by atoms with van der Waals surface area (Å²) in [5.41, 5.74) is 4.89. The summed E-state index contributed by atoms with van der Waals surface area (Å²) in [6.07, 6.45) is 1.73. The average molecular weight is 425 g/mol. The van der Waals surface area contributed by atoms with Crippen LogP contribution in [0.4, 0.5) is 5.69 Å². The van der Waals surface area contributed by atoms with E-state index in [-0.39, 0.29) is 5.91 Å². The Morgan fingerprint density at radius 3 is 2.28 bits per heavy atom. The van der Waals surface area contributed by atoms with Crippen molar-refractivity contribution in [1.29, 1.82) is 0 Å². The number of aryl methyl sites for hydroxylation is 1. The monoisotopic (exact) mass is 425 g/mol. The fourth-order valence-corrected chi connectivity index (χ4v) is 3.28. The number of hydrogen-bond acceptors (Lipinski definition) is 4. The zero-order chi connectivity index (χ0) is 22.5. The molecule has 1 amide bonds. The quantitative estimate of drug-likeness (QED) is 0.427. The molecule has 0 aliphatic rings. The molecule has 3 aromatic carbocycles. The van der Waals surface area contributed by atoms with Gasteiger partial charge in [-0.25, -0.2) is 9.48 Å². The zero-order valence-corrected chi connectivity index (χ0v) is 17.9. The molecule has 0 bridgehead atoms. The SMILES string of the molecule is CCOC(=O)c1ccc(NC(=O)c2cn(-c3ccccc3)nc2-c2ccc(C)cc2)cc1. The number of hydrogen-bond donors (Lipinski definition) is 1. The van der Waals surface area contributed by atoms with E-state index < -0.39 is 5.97 Å². The van der Waals surface area contributed by atoms with Crippen molar-refractivity contribution >= 4 is 17.6 Å². The van der Waals surface area contributed by atoms with Gasteiger partial charge in [-0.2, -0.15) is 5.10 Å². The number of amides is 1. The van der Waals surface area contributed by atoms with Gasteiger partial charge in [0.1, 0.15) is 5.69 Å². The molecule has 1 heterocycles. The highest BCUT2D eigenvalue weighted by Gasteiger charge is 2.19. The van der Waals surface area contributed by atoms with E-state index in [1.165, 1.54) is 0 Å². The van der Waals surface area contributed by atoms with Crippen LogP contribution in [-0.4, -0.2) is 28.3 Å². The van der Waals surface area contributed by atoms with Gasteiger partial charge in [-0.3, -0.25) is 4.79 Å². The summed E-state index contributed by atoms with van der Waals surface area (Å²) < 4.78 is 6.70. The number of aromatic nitrogens is 2. The van der Waals surface area contributed by atoms with Crippen LogP contribution < -0.4 is 5.32 Å². The van der Waals surface area contributed by atoms with E-state index in [1.807, 2.05) is 61.5 Å². The molecule has 4 rings (SSSR count). The van der Waals surface area contributed by atoms with Crippen molar-refractivity contribution in [2.45, 2.75) is 13.8 Å². The molecule has 4 aromatic rings. The van der Waals surface area contributed by atoms with Gasteiger partial charge in [0.25, 0.3) is 5.91 Å². The first kappa shape index (κ1) is 21.1. The molecule has 0 saturated carbocycles. The Bertz CT molecular complexity index is 1230. The molecule has 6 nitrogen and oxygen atoms in total. The number of carbonyl (C=O) groups is 2. The van der Waals surface area contributed by atoms with Crippen molar-refractivity contribution in [3.05, 3.63) is 102 Å². The molecular weight excluding hydrogens is 402 g/mol. The van der Waals surface area contributed by atoms with E-state index in [0.717, 1.165) is 16.8 Å². The number of ether oxygens (including phenoxy) is 1. The van der Waals surface area contributed by atoms with E-state index in [1.54, 1.807) is 42.1 Å². The summed E-state index contributed by atoms with van der Waals surface area (Å²) >= 11 is 0. The smallest absolute Gasteiger partial charge is 0.338 e. The van der Waals surface area contributed by atoms with Gasteiger partial charge in [0.05, 0.1) is 23.4 Å². The number of anilines is 1. The minimum atomic E-state index is -0.392. The summed E-state index contributed by atoms with van der Waals surface area (Å²) in [7, 11) is 0. The third-order valence-corrected chi connectivity index (χ3v) is 4.96. The van der Waals surface area contributed by atoms with Crippen molar-refractivity contribution in [2.75, 3.05) is 11.9 Å². The molecule has 0 aliphatic carbocycles. The van der Waals surface area contributed by atoms with Crippen LogP contribution in [0.25, 0.3) is 16.9 Å². The molecule has 32 heavy (non-hydrogen) atoms. The fourth-order valence-electron chi connectivity index (χ4n) is 3.28. The molecule has 0 spiro atoms. The molecule has 0 saturated heterocycles. The van der Waals surface area contributed by atoms with E-state index in [0.29, 0.717) is 29.1 Å². The highest BCUT2D eigenvalue weighted by Crippen LogP contribution is 2.25. The van der Waals surface area contributed by atoms with Crippen molar-refractivity contribution in [3.63, 3.8) is 0 Å². The lowest BCUT2D eigenvalue weighted by atomic mass is 10.1. The third-order valence-electron chi connectivity index (χ3n) is 4.96. The van der Waals surface area contributed by atoms with Crippen molar-refractivity contribution in [1.82, 2.24) is 9.78 Å². The van der Waals surface area contributed by atoms with Crippen LogP contribution in [0, 0.1) is 6.92 Å². The highest BCUT2D eigenvalue weighted by atomic mass is 16.5. The summed E-state index contributed by atoms with van der Waals surface area (Å²) in [6.45, 7) is 4.08. The maximum atomic E-state index is 13.2. The van der Waals surface area contributed by atoms with Crippen molar-refractivity contribution in [3.8, 4) is 16.9 Å². The van der Waals surface area contributed by atoms with Gasteiger partial charge in [-0.05, 0) is 50.2 Å². The standard InChI is InChI=1S/C26H23N3O3/c1-3-32-26(31)20-13-15-21(16-14-20)27-25(30)23-17-29(22-7-5-4-6-8-22)28-24(23)19-11-9-18(2)10-12-19/h4-17H,3H2,1-2H3,(H,27,30). The number of rotatable bonds is 6. The van der Waals surface area contributed by atoms with E-state index in [4.69, 9.17) is 9.84 Å². The van der Waals surface area contributed by atoms with Crippen LogP contribution in [-0.2, 0) is 4.74 Å². The maximum absolute atomic E-state index is 13.2. The molecule has 1 aromatic heterocycles. The van der Waals surface area contributed by atoms with Crippen LogP contribution in [0.3, 0.4) is 0 Å². The second-order valence-corrected chi connectivity index (χ2v) is 7.29. The Morgan fingerprint density at radius 1 is 0.938 bits per heavy atom. The molecule has 160 valence electrons. The largest absolute Gasteiger partial charge is 0.462 e. The number of carbonyl (C=O) groups excluding carboxylic acids is 2. The summed E-state index contributed by atoms with van der Waals surface area (Å²) in [6, 6.07) is 24.2. The molecule has 1 N–H and O–H groups in total. The van der Waals surface area contributed by atoms with Crippen LogP contribution in [0.2, 0.25) is 0 Å². The number of nitrogens with zero attached hydrogens (tertiary/aromatic N) is 2. The van der Waals surface area contributed by atoms with Gasteiger partial charge in [-0.15, -0.1) is 0 Å². The summed E-state index contributed by atoms with van der Waals surface area (Å²) in [5.74, 6) is -0.678. The van der Waals surface area contributed by atoms with Gasteiger partial charge in [0.2, 0.25) is 0 Å². The molecular formula is C26H23N3O3. The Balaban J connectivity index is 1.65. The van der Waals surface area contributed by atoms with Gasteiger partial charge < -0.3 is 10.1 Å². The maximum Gasteiger partial charge on any atom is 0.338 e. The minimum Gasteiger partial charge on any atom is -0.462 e. The number of benzene rings is 3. The minimum absolute atomic E-state index is 0.286. The highest BCUT2D eigenvalue weighted by molar-refractivity contribution is 6.08. The van der Waals surface area contributed by atoms with E-state index in [9.17, 15) is 9.59 Å². The molecule has 0 aliphatic heterocycles. The third kappa shape index (κ3) is 4.59. The number of para-hydroxylation sites is 1. The lowest BCUT2D eigenvalue weighted by Crippen LogP contribution is -2.12. The van der Waals surface area contributed by atoms with E-state index >= 15 is 0 Å². The van der Waals surface area contributed by atoms with Crippen LogP contribution >= 0.6 is 0 Å². The summed E-state index contributed by atoms with van der Waals surface area (Å²) in [4.78, 5) is 25.0. The predicted molar refractivity (Wildman–Crippen MR) is 124 cm³/mol. The Hall–Kier alpha value is -4.19. The van der Waals surface area contributed by atoms with Gasteiger partial charge in [0, 0.05) is 17.4 Å². The Labute approximate surface area is 186 Å². The van der Waals surface area contributed by atoms with E-state index in [2.05, 4.69) is 5.32 Å². The first-order valence-corrected chi connectivity index (χ1v) is 10.4. The molecule has 0 radical (unpaired) electrons. The first-order valence-electron chi connectivity index (χ1n) is 10.4. The van der Waals surface area contributed by atoms with Gasteiger partial charge in [-0.1, -0.05) is 48.0 Å². The molecule has 6 heteroatoms. The molecule has 0 fully saturated rings. The van der Waals surface area contributed by atoms with Gasteiger partial charge in [0.15, 0.2) is 0 Å². The zero-order valence-electron chi connectivity index (χ0n) is 17.9. The Morgan fingerprint density at radius 2 is 1.62 bits per heavy atom. The fraction of sp³-hybridized carbons (Fsp3) is 0.115. The molecule has 0 unspecified atom stereocenters. The topological polar surface area (TPSA) is 73.2 Å². The second-order valence-electron chi connectivity index (χ2n) is 7.29. The van der Waals surface area contributed by atoms with Crippen LogP contribution in [0.1, 0.15) is 33.2 Å². The van der Waals surface area contributed by atoms with Crippen LogP contribution in [0.15, 0.2) is 85.1 Å². The normalized spacial score (nSPS) is 10.6. The predicted octanol–water partition coefficient (Wildman–Crippen LogP) is 5.28. The number of nitrogens with one attached hydrogen (secondary N) is 1. The van der Waals surface area contributed by atoms with Gasteiger partial charge >= 0.3 is 5.97 Å². The molecule has 0 atom stereocenters. The lowest BCUT2D eigenvalue weighted by molar-refractivity contribution is 0.0526. The van der Waals surface area contributed by atoms with Crippen LogP contribution in [0.5, 0.6) is 0 Å². The van der Waals surface area contributed by atoms with Crippen molar-refractivity contribution < 1.29 is 14.3 Å². The first-order chi connectivity index (χ1) is 15.5. The number of esters is 1. The second kappa shape index (κ2) is 9.31.